The van der Waals surface area contributed by atoms with Gasteiger partial charge in [-0.25, -0.2) is 0 Å². The van der Waals surface area contributed by atoms with Crippen molar-refractivity contribution >= 4 is 42.3 Å². The van der Waals surface area contributed by atoms with Crippen molar-refractivity contribution in [3.05, 3.63) is 12.1 Å². The van der Waals surface area contributed by atoms with Crippen LogP contribution in [0.15, 0.2) is 12.1 Å². The zero-order valence-electron chi connectivity index (χ0n) is 14.8. The standard InChI is InChI=1S/C18H26B4O2/c19-9-5-1-3-7-11-23-17-13-16(22)18(14-15(17)21)24-12-8-4-2-6-10-20/h13-14H,1-12H2. The molecule has 0 aliphatic carbocycles. The first-order valence-corrected chi connectivity index (χ1v) is 9.03. The minimum atomic E-state index is 0.560. The lowest BCUT2D eigenvalue weighted by molar-refractivity contribution is 0.301. The summed E-state index contributed by atoms with van der Waals surface area (Å²) in [6, 6.07) is 3.50. The fourth-order valence-electron chi connectivity index (χ4n) is 2.41. The zero-order chi connectivity index (χ0) is 17.6. The number of hydrogen-bond acceptors (Lipinski definition) is 2. The number of benzene rings is 1. The minimum absolute atomic E-state index is 0.560. The zero-order valence-corrected chi connectivity index (χ0v) is 14.8. The van der Waals surface area contributed by atoms with Crippen LogP contribution in [0.4, 0.5) is 0 Å². The fourth-order valence-corrected chi connectivity index (χ4v) is 2.41. The molecule has 0 amide bonds. The van der Waals surface area contributed by atoms with E-state index in [-0.39, 0.29) is 0 Å². The average molecular weight is 318 g/mol. The summed E-state index contributed by atoms with van der Waals surface area (Å²) < 4.78 is 11.4. The lowest BCUT2D eigenvalue weighted by Crippen LogP contribution is -2.19. The second-order valence-corrected chi connectivity index (χ2v) is 6.03. The van der Waals surface area contributed by atoms with Gasteiger partial charge in [-0.1, -0.05) is 62.1 Å². The minimum Gasteiger partial charge on any atom is -0.494 e. The highest BCUT2D eigenvalue weighted by atomic mass is 16.5. The Morgan fingerprint density at radius 1 is 0.583 bits per heavy atom. The van der Waals surface area contributed by atoms with Crippen molar-refractivity contribution in [1.82, 2.24) is 0 Å². The van der Waals surface area contributed by atoms with E-state index in [1.54, 1.807) is 12.1 Å². The van der Waals surface area contributed by atoms with E-state index < -0.39 is 0 Å². The van der Waals surface area contributed by atoms with Crippen molar-refractivity contribution in [3.63, 3.8) is 0 Å². The highest BCUT2D eigenvalue weighted by molar-refractivity contribution is 6.38. The molecule has 0 saturated carbocycles. The number of unbranched alkanes of at least 4 members (excludes halogenated alkanes) is 6. The molecule has 0 saturated heterocycles. The SMILES string of the molecule is [B]CCCCCCOc1cc([B])c(OCCCCCC[B])cc1[B]. The average Bonchev–Trinajstić information content (AvgIpc) is 2.57. The Morgan fingerprint density at radius 2 is 0.958 bits per heavy atom. The topological polar surface area (TPSA) is 18.5 Å². The molecule has 0 spiro atoms. The molecule has 0 unspecified atom stereocenters. The van der Waals surface area contributed by atoms with Gasteiger partial charge in [-0.15, -0.1) is 0 Å². The molecule has 0 aliphatic rings. The molecule has 0 heterocycles. The van der Waals surface area contributed by atoms with Gasteiger partial charge in [0.15, 0.2) is 0 Å². The van der Waals surface area contributed by atoms with Crippen LogP contribution in [0.5, 0.6) is 11.5 Å². The van der Waals surface area contributed by atoms with E-state index in [1.165, 1.54) is 0 Å². The maximum Gasteiger partial charge on any atom is 0.119 e. The highest BCUT2D eigenvalue weighted by Crippen LogP contribution is 2.14. The van der Waals surface area contributed by atoms with Gasteiger partial charge >= 0.3 is 0 Å². The van der Waals surface area contributed by atoms with Crippen molar-refractivity contribution in [3.8, 4) is 11.5 Å². The second-order valence-electron chi connectivity index (χ2n) is 6.03. The van der Waals surface area contributed by atoms with Gasteiger partial charge in [-0.05, 0) is 25.0 Å². The predicted octanol–water partition coefficient (Wildman–Crippen LogP) is 2.33. The van der Waals surface area contributed by atoms with E-state index in [0.29, 0.717) is 35.6 Å². The Kier molecular flexibility index (Phi) is 11.8. The Labute approximate surface area is 153 Å². The number of hydrogen-bond donors (Lipinski definition) is 0. The molecule has 122 valence electrons. The van der Waals surface area contributed by atoms with E-state index in [4.69, 9.17) is 40.9 Å². The third-order valence-corrected chi connectivity index (χ3v) is 3.85. The quantitative estimate of drug-likeness (QED) is 0.387. The predicted molar refractivity (Wildman–Crippen MR) is 106 cm³/mol. The number of rotatable bonds is 14. The van der Waals surface area contributed by atoms with Crippen LogP contribution < -0.4 is 20.4 Å². The lowest BCUT2D eigenvalue weighted by Gasteiger charge is -2.15. The summed E-state index contributed by atoms with van der Waals surface area (Å²) in [5.41, 5.74) is 1.12. The van der Waals surface area contributed by atoms with Gasteiger partial charge in [0.25, 0.3) is 0 Å². The van der Waals surface area contributed by atoms with E-state index in [1.807, 2.05) is 0 Å². The lowest BCUT2D eigenvalue weighted by atomic mass is 9.87. The molecule has 6 heteroatoms. The van der Waals surface area contributed by atoms with Gasteiger partial charge in [-0.3, -0.25) is 0 Å². The maximum absolute atomic E-state index is 6.03. The van der Waals surface area contributed by atoms with Crippen LogP contribution in [0.1, 0.15) is 51.4 Å². The smallest absolute Gasteiger partial charge is 0.119 e. The summed E-state index contributed by atoms with van der Waals surface area (Å²) in [6.07, 6.45) is 10.1. The molecule has 2 nitrogen and oxygen atoms in total. The first-order valence-electron chi connectivity index (χ1n) is 9.03. The summed E-state index contributed by atoms with van der Waals surface area (Å²) >= 11 is 0. The molecule has 1 aromatic rings. The highest BCUT2D eigenvalue weighted by Gasteiger charge is 2.06. The largest absolute Gasteiger partial charge is 0.494 e. The van der Waals surface area contributed by atoms with E-state index >= 15 is 0 Å². The third kappa shape index (κ3) is 8.80. The van der Waals surface area contributed by atoms with Gasteiger partial charge in [0.1, 0.15) is 27.2 Å². The van der Waals surface area contributed by atoms with Gasteiger partial charge in [0, 0.05) is 0 Å². The van der Waals surface area contributed by atoms with Crippen LogP contribution in [0.2, 0.25) is 12.6 Å². The van der Waals surface area contributed by atoms with Crippen LogP contribution in [-0.2, 0) is 0 Å². The molecule has 8 radical (unpaired) electrons. The molecule has 0 bridgehead atoms. The molecule has 0 atom stereocenters. The molecule has 1 rings (SSSR count). The molecule has 0 aromatic heterocycles. The van der Waals surface area contributed by atoms with Crippen molar-refractivity contribution in [2.75, 3.05) is 13.2 Å². The normalized spacial score (nSPS) is 10.7. The summed E-state index contributed by atoms with van der Waals surface area (Å²) in [5, 5.41) is 0. The van der Waals surface area contributed by atoms with Gasteiger partial charge in [0.2, 0.25) is 0 Å². The van der Waals surface area contributed by atoms with Crippen LogP contribution >= 0.6 is 0 Å². The Bertz CT molecular complexity index is 413. The fraction of sp³-hybridized carbons (Fsp3) is 0.667. The van der Waals surface area contributed by atoms with E-state index in [2.05, 4.69) is 0 Å². The summed E-state index contributed by atoms with van der Waals surface area (Å²) in [4.78, 5) is 0. The van der Waals surface area contributed by atoms with Gasteiger partial charge in [0.05, 0.1) is 28.9 Å². The first-order chi connectivity index (χ1) is 11.7. The summed E-state index contributed by atoms with van der Waals surface area (Å²) in [5.74, 6) is 1.25. The van der Waals surface area contributed by atoms with Gasteiger partial charge in [-0.2, -0.15) is 0 Å². The maximum atomic E-state index is 6.03. The van der Waals surface area contributed by atoms with Crippen molar-refractivity contribution in [2.45, 2.75) is 64.0 Å². The van der Waals surface area contributed by atoms with Gasteiger partial charge < -0.3 is 9.47 Å². The van der Waals surface area contributed by atoms with Crippen LogP contribution in [0.3, 0.4) is 0 Å². The molecule has 1 aromatic carbocycles. The summed E-state index contributed by atoms with van der Waals surface area (Å²) in [7, 11) is 23.0. The molecule has 24 heavy (non-hydrogen) atoms. The van der Waals surface area contributed by atoms with E-state index in [9.17, 15) is 0 Å². The van der Waals surface area contributed by atoms with Crippen molar-refractivity contribution in [2.24, 2.45) is 0 Å². The monoisotopic (exact) mass is 318 g/mol. The molecular formula is C18H26B4O2. The number of ether oxygens (including phenoxy) is 2. The molecule has 0 N–H and O–H groups in total. The third-order valence-electron chi connectivity index (χ3n) is 3.85. The van der Waals surface area contributed by atoms with Crippen LogP contribution in [0, 0.1) is 0 Å². The van der Waals surface area contributed by atoms with Crippen molar-refractivity contribution < 1.29 is 9.47 Å². The Balaban J connectivity index is 2.33. The first kappa shape index (κ1) is 21.1. The van der Waals surface area contributed by atoms with E-state index in [0.717, 1.165) is 64.0 Å². The summed E-state index contributed by atoms with van der Waals surface area (Å²) in [6.45, 7) is 1.27. The Hall–Kier alpha value is -0.920. The van der Waals surface area contributed by atoms with Crippen LogP contribution in [-0.4, -0.2) is 44.6 Å². The van der Waals surface area contributed by atoms with Crippen molar-refractivity contribution in [1.29, 1.82) is 0 Å². The molecule has 0 aliphatic heterocycles. The molecular weight excluding hydrogens is 291 g/mol. The second kappa shape index (κ2) is 13.4. The molecule has 0 fully saturated rings. The Morgan fingerprint density at radius 3 is 1.33 bits per heavy atom. The van der Waals surface area contributed by atoms with Crippen LogP contribution in [0.25, 0.3) is 0 Å².